The molecule has 3 aliphatic rings. The van der Waals surface area contributed by atoms with Crippen molar-refractivity contribution in [2.45, 2.75) is 57.3 Å². The van der Waals surface area contributed by atoms with Crippen LogP contribution in [-0.2, 0) is 12.6 Å². The molecule has 50 heavy (non-hydrogen) atoms. The highest BCUT2D eigenvalue weighted by Crippen LogP contribution is 2.45. The Morgan fingerprint density at radius 2 is 1.68 bits per heavy atom. The molecule has 3 fully saturated rings. The van der Waals surface area contributed by atoms with E-state index in [1.54, 1.807) is 30.4 Å². The summed E-state index contributed by atoms with van der Waals surface area (Å²) < 4.78 is 46.9. The van der Waals surface area contributed by atoms with Crippen molar-refractivity contribution in [3.63, 3.8) is 0 Å². The average molecular weight is 772 g/mol. The van der Waals surface area contributed by atoms with Crippen LogP contribution in [0.25, 0.3) is 11.0 Å². The number of piperazine rings is 1. The molecule has 4 heterocycles. The number of likely N-dealkylation sites (N-methyl/N-ethyl adjacent to an activating group) is 1. The molecular formula is C35H42BrF3N10S. The highest BCUT2D eigenvalue weighted by atomic mass is 79.9. The van der Waals surface area contributed by atoms with Crippen LogP contribution in [0.3, 0.4) is 0 Å². The molecule has 7 rings (SSSR count). The second kappa shape index (κ2) is 14.7. The topological polar surface area (TPSA) is 88.6 Å². The third-order valence-electron chi connectivity index (χ3n) is 9.92. The molecule has 2 aromatic carbocycles. The zero-order valence-corrected chi connectivity index (χ0v) is 30.9. The van der Waals surface area contributed by atoms with E-state index >= 15 is 0 Å². The second-order valence-electron chi connectivity index (χ2n) is 13.2. The predicted octanol–water partition coefficient (Wildman–Crippen LogP) is 7.71. The highest BCUT2D eigenvalue weighted by molar-refractivity contribution is 9.10. The number of anilines is 6. The van der Waals surface area contributed by atoms with E-state index in [9.17, 15) is 13.2 Å². The first-order valence-electron chi connectivity index (χ1n) is 17.2. The van der Waals surface area contributed by atoms with Gasteiger partial charge < -0.3 is 24.7 Å². The van der Waals surface area contributed by atoms with Gasteiger partial charge in [-0.2, -0.15) is 18.2 Å². The zero-order valence-electron chi connectivity index (χ0n) is 28.5. The van der Waals surface area contributed by atoms with E-state index in [1.807, 2.05) is 25.3 Å². The Balaban J connectivity index is 1.15. The van der Waals surface area contributed by atoms with Gasteiger partial charge in [-0.3, -0.25) is 14.9 Å². The van der Waals surface area contributed by atoms with Gasteiger partial charge in [0.05, 0.1) is 32.6 Å². The van der Waals surface area contributed by atoms with Gasteiger partial charge >= 0.3 is 6.18 Å². The normalized spacial score (nSPS) is 18.1. The lowest BCUT2D eigenvalue weighted by molar-refractivity contribution is -0.136. The molecule has 1 saturated carbocycles. The summed E-state index contributed by atoms with van der Waals surface area (Å²) in [5, 5.41) is 6.34. The van der Waals surface area contributed by atoms with Crippen molar-refractivity contribution in [2.75, 3.05) is 72.4 Å². The lowest BCUT2D eigenvalue weighted by Gasteiger charge is -2.43. The number of hydrogen-bond donors (Lipinski definition) is 2. The maximum atomic E-state index is 14.7. The molecule has 0 unspecified atom stereocenters. The van der Waals surface area contributed by atoms with Crippen molar-refractivity contribution in [1.29, 1.82) is 0 Å². The minimum atomic E-state index is -4.58. The highest BCUT2D eigenvalue weighted by Gasteiger charge is 2.37. The van der Waals surface area contributed by atoms with Crippen LogP contribution in [0.1, 0.15) is 43.7 Å². The molecule has 0 amide bonds. The third kappa shape index (κ3) is 7.46. The van der Waals surface area contributed by atoms with E-state index in [0.29, 0.717) is 34.5 Å². The molecule has 0 radical (unpaired) electrons. The summed E-state index contributed by atoms with van der Waals surface area (Å²) >= 11 is 5.17. The standard InChI is InChI=1S/C35H42BrF3N10S/c1-4-22-19-29(25(35(37,38)39)20-30(22)48-13-9-23(10-14-48)47-17-15-46(2)16-18-47)44-34-42-21-26(36)33(45-34)43-28-8-7-27-31(41-12-11-40-27)32(28)49(50-3)24-5-6-24/h7-8,11-12,19-21,23-24H,4-6,9-10,13-18H2,1-3H3,(H2,42,43,44,45). The molecule has 2 aromatic heterocycles. The van der Waals surface area contributed by atoms with Gasteiger partial charge in [-0.25, -0.2) is 4.98 Å². The summed E-state index contributed by atoms with van der Waals surface area (Å²) in [6.07, 6.45) is 6.97. The summed E-state index contributed by atoms with van der Waals surface area (Å²) in [5.41, 5.74) is 3.88. The molecule has 2 saturated heterocycles. The Bertz CT molecular complexity index is 1820. The SMILES string of the molecule is CCc1cc(Nc2ncc(Br)c(Nc3ccc4nccnc4c3N(SC)C3CC3)n2)c(C(F)(F)F)cc1N1CCC(N2CCN(C)CC2)CC1. The zero-order chi connectivity index (χ0) is 35.0. The smallest absolute Gasteiger partial charge is 0.371 e. The summed E-state index contributed by atoms with van der Waals surface area (Å²) in [6.45, 7) is 7.65. The number of hydrogen-bond acceptors (Lipinski definition) is 11. The maximum absolute atomic E-state index is 14.7. The van der Waals surface area contributed by atoms with Crippen molar-refractivity contribution in [3.8, 4) is 0 Å². The Hall–Kier alpha value is -3.40. The van der Waals surface area contributed by atoms with E-state index in [2.05, 4.69) is 72.6 Å². The third-order valence-corrected chi connectivity index (χ3v) is 11.4. The number of halogens is 4. The van der Waals surface area contributed by atoms with Crippen molar-refractivity contribution in [2.24, 2.45) is 0 Å². The van der Waals surface area contributed by atoms with E-state index in [0.717, 1.165) is 92.9 Å². The molecule has 10 nitrogen and oxygen atoms in total. The van der Waals surface area contributed by atoms with Gasteiger partial charge in [-0.05, 0) is 84.9 Å². The number of benzene rings is 2. The average Bonchev–Trinajstić information content (AvgIpc) is 3.96. The molecule has 0 bridgehead atoms. The van der Waals surface area contributed by atoms with Crippen LogP contribution >= 0.6 is 27.9 Å². The van der Waals surface area contributed by atoms with Crippen LogP contribution < -0.4 is 19.8 Å². The van der Waals surface area contributed by atoms with Crippen molar-refractivity contribution in [3.05, 3.63) is 58.5 Å². The number of nitrogens with one attached hydrogen (secondary N) is 2. The van der Waals surface area contributed by atoms with Crippen LogP contribution in [0.4, 0.5) is 47.7 Å². The van der Waals surface area contributed by atoms with Gasteiger partial charge in [0.1, 0.15) is 11.3 Å². The van der Waals surface area contributed by atoms with Crippen LogP contribution in [0.2, 0.25) is 0 Å². The van der Waals surface area contributed by atoms with Gasteiger partial charge in [0, 0.05) is 81.9 Å². The van der Waals surface area contributed by atoms with Crippen LogP contribution in [0.5, 0.6) is 0 Å². The van der Waals surface area contributed by atoms with E-state index < -0.39 is 11.7 Å². The van der Waals surface area contributed by atoms with Gasteiger partial charge in [0.15, 0.2) is 0 Å². The predicted molar refractivity (Wildman–Crippen MR) is 200 cm³/mol. The Morgan fingerprint density at radius 1 is 0.940 bits per heavy atom. The molecule has 4 aromatic rings. The summed E-state index contributed by atoms with van der Waals surface area (Å²) in [4.78, 5) is 25.2. The summed E-state index contributed by atoms with van der Waals surface area (Å²) in [6, 6.07) is 7.61. The fourth-order valence-corrected chi connectivity index (χ4v) is 8.22. The molecule has 0 spiro atoms. The second-order valence-corrected chi connectivity index (χ2v) is 14.8. The van der Waals surface area contributed by atoms with Crippen molar-refractivity contribution >= 4 is 73.4 Å². The molecule has 2 aliphatic heterocycles. The number of nitrogens with zero attached hydrogens (tertiary/aromatic N) is 8. The van der Waals surface area contributed by atoms with Crippen LogP contribution in [0, 0.1) is 0 Å². The first kappa shape index (κ1) is 35.0. The van der Waals surface area contributed by atoms with Crippen LogP contribution in [0.15, 0.2) is 47.3 Å². The van der Waals surface area contributed by atoms with Gasteiger partial charge in [0.2, 0.25) is 5.95 Å². The molecule has 1 aliphatic carbocycles. The largest absolute Gasteiger partial charge is 0.418 e. The molecular weight excluding hydrogens is 729 g/mol. The molecule has 266 valence electrons. The lowest BCUT2D eigenvalue weighted by atomic mass is 9.98. The summed E-state index contributed by atoms with van der Waals surface area (Å²) in [5.74, 6) is 0.461. The van der Waals surface area contributed by atoms with Gasteiger partial charge in [-0.15, -0.1) is 0 Å². The monoisotopic (exact) mass is 770 g/mol. The first-order valence-corrected chi connectivity index (χ1v) is 19.2. The minimum absolute atomic E-state index is 0.0510. The van der Waals surface area contributed by atoms with E-state index in [-0.39, 0.29) is 11.6 Å². The number of piperidine rings is 1. The number of rotatable bonds is 10. The van der Waals surface area contributed by atoms with Crippen molar-refractivity contribution in [1.82, 2.24) is 29.7 Å². The van der Waals surface area contributed by atoms with Gasteiger partial charge in [0.25, 0.3) is 0 Å². The van der Waals surface area contributed by atoms with E-state index in [4.69, 9.17) is 0 Å². The molecule has 15 heteroatoms. The Morgan fingerprint density at radius 3 is 2.36 bits per heavy atom. The van der Waals surface area contributed by atoms with Gasteiger partial charge in [-0.1, -0.05) is 18.9 Å². The number of alkyl halides is 3. The fourth-order valence-electron chi connectivity index (χ4n) is 7.05. The van der Waals surface area contributed by atoms with Crippen LogP contribution in [-0.4, -0.2) is 94.4 Å². The first-order chi connectivity index (χ1) is 24.1. The lowest BCUT2D eigenvalue weighted by Crippen LogP contribution is -2.52. The van der Waals surface area contributed by atoms with Crippen molar-refractivity contribution < 1.29 is 13.2 Å². The maximum Gasteiger partial charge on any atom is 0.418 e. The molecule has 2 N–H and O–H groups in total. The fraction of sp³-hybridized carbons (Fsp3) is 0.486. The quantitative estimate of drug-likeness (QED) is 0.156. The molecule has 0 atom stereocenters. The summed E-state index contributed by atoms with van der Waals surface area (Å²) in [7, 11) is 2.15. The minimum Gasteiger partial charge on any atom is -0.371 e. The number of aromatic nitrogens is 4. The Kier molecular flexibility index (Phi) is 10.3. The Labute approximate surface area is 303 Å². The number of fused-ring (bicyclic) bond motifs is 1. The number of aryl methyl sites for hydroxylation is 1. The van der Waals surface area contributed by atoms with E-state index in [1.165, 1.54) is 12.3 Å².